The van der Waals surface area contributed by atoms with Crippen LogP contribution in [0.4, 0.5) is 0 Å². The SMILES string of the molecule is CC1(C)c2cccc(-c3ccc(-c4cc(-c5ccncc5)nc(-c5ccccc5)n4)c4ccccc34)c2-c2ccc3ccccc3c21. The summed E-state index contributed by atoms with van der Waals surface area (Å²) in [6, 6.07) is 49.8. The lowest BCUT2D eigenvalue weighted by Gasteiger charge is -2.23. The molecule has 0 bridgehead atoms. The van der Waals surface area contributed by atoms with E-state index in [0.717, 1.165) is 33.5 Å². The van der Waals surface area contributed by atoms with Crippen molar-refractivity contribution in [3.8, 4) is 56.2 Å². The summed E-state index contributed by atoms with van der Waals surface area (Å²) in [6.45, 7) is 4.74. The van der Waals surface area contributed by atoms with Gasteiger partial charge in [0.05, 0.1) is 11.4 Å². The molecule has 2 heterocycles. The monoisotopic (exact) mass is 601 g/mol. The fraction of sp³-hybridized carbons (Fsp3) is 0.0682. The lowest BCUT2D eigenvalue weighted by atomic mass is 9.80. The largest absolute Gasteiger partial charge is 0.265 e. The average Bonchev–Trinajstić information content (AvgIpc) is 3.38. The molecule has 47 heavy (non-hydrogen) atoms. The fourth-order valence-corrected chi connectivity index (χ4v) is 7.61. The molecule has 6 aromatic carbocycles. The van der Waals surface area contributed by atoms with Crippen LogP contribution in [0.1, 0.15) is 25.0 Å². The summed E-state index contributed by atoms with van der Waals surface area (Å²) < 4.78 is 0. The van der Waals surface area contributed by atoms with Gasteiger partial charge < -0.3 is 0 Å². The summed E-state index contributed by atoms with van der Waals surface area (Å²) >= 11 is 0. The molecule has 9 rings (SSSR count). The van der Waals surface area contributed by atoms with Crippen LogP contribution in [0.2, 0.25) is 0 Å². The van der Waals surface area contributed by atoms with E-state index in [1.54, 1.807) is 0 Å². The average molecular weight is 602 g/mol. The van der Waals surface area contributed by atoms with Crippen molar-refractivity contribution >= 4 is 21.5 Å². The van der Waals surface area contributed by atoms with Gasteiger partial charge in [-0.25, -0.2) is 9.97 Å². The molecule has 0 aliphatic heterocycles. The number of pyridine rings is 1. The highest BCUT2D eigenvalue weighted by molar-refractivity contribution is 6.09. The van der Waals surface area contributed by atoms with Crippen molar-refractivity contribution in [2.75, 3.05) is 0 Å². The van der Waals surface area contributed by atoms with Gasteiger partial charge in [0.1, 0.15) is 0 Å². The fourth-order valence-electron chi connectivity index (χ4n) is 7.61. The number of nitrogens with zero attached hydrogens (tertiary/aromatic N) is 3. The number of hydrogen-bond donors (Lipinski definition) is 0. The molecule has 8 aromatic rings. The Balaban J connectivity index is 1.27. The third-order valence-corrected chi connectivity index (χ3v) is 9.79. The number of benzene rings is 6. The molecule has 0 N–H and O–H groups in total. The van der Waals surface area contributed by atoms with Crippen molar-refractivity contribution < 1.29 is 0 Å². The number of hydrogen-bond acceptors (Lipinski definition) is 3. The number of aromatic nitrogens is 3. The zero-order chi connectivity index (χ0) is 31.5. The first-order valence-corrected chi connectivity index (χ1v) is 16.1. The van der Waals surface area contributed by atoms with Crippen LogP contribution in [-0.2, 0) is 5.41 Å². The second-order valence-corrected chi connectivity index (χ2v) is 12.8. The van der Waals surface area contributed by atoms with Crippen LogP contribution in [0.3, 0.4) is 0 Å². The Bertz CT molecular complexity index is 2420. The van der Waals surface area contributed by atoms with Gasteiger partial charge in [-0.1, -0.05) is 135 Å². The molecule has 0 amide bonds. The van der Waals surface area contributed by atoms with Crippen LogP contribution in [0.15, 0.2) is 152 Å². The van der Waals surface area contributed by atoms with Crippen molar-refractivity contribution in [2.24, 2.45) is 0 Å². The van der Waals surface area contributed by atoms with Crippen LogP contribution in [-0.4, -0.2) is 15.0 Å². The molecule has 0 radical (unpaired) electrons. The summed E-state index contributed by atoms with van der Waals surface area (Å²) in [5.74, 6) is 0.704. The molecule has 0 unspecified atom stereocenters. The molecule has 0 spiro atoms. The predicted octanol–water partition coefficient (Wildman–Crippen LogP) is 11.2. The molecule has 3 nitrogen and oxygen atoms in total. The Labute approximate surface area is 274 Å². The van der Waals surface area contributed by atoms with Gasteiger partial charge in [-0.05, 0) is 73.1 Å². The van der Waals surface area contributed by atoms with Crippen molar-refractivity contribution in [1.82, 2.24) is 15.0 Å². The van der Waals surface area contributed by atoms with E-state index in [9.17, 15) is 0 Å². The first-order chi connectivity index (χ1) is 23.1. The number of rotatable bonds is 4. The Morgan fingerprint density at radius 3 is 1.94 bits per heavy atom. The quantitative estimate of drug-likeness (QED) is 0.201. The Kier molecular flexibility index (Phi) is 6.16. The molecule has 2 aromatic heterocycles. The van der Waals surface area contributed by atoms with Crippen molar-refractivity contribution in [1.29, 1.82) is 0 Å². The molecule has 0 saturated heterocycles. The van der Waals surface area contributed by atoms with E-state index in [1.165, 1.54) is 49.5 Å². The summed E-state index contributed by atoms with van der Waals surface area (Å²) in [5, 5.41) is 4.99. The van der Waals surface area contributed by atoms with Crippen LogP contribution in [0.5, 0.6) is 0 Å². The van der Waals surface area contributed by atoms with E-state index >= 15 is 0 Å². The first kappa shape index (κ1) is 27.4. The van der Waals surface area contributed by atoms with Crippen LogP contribution >= 0.6 is 0 Å². The molecular weight excluding hydrogens is 571 g/mol. The Morgan fingerprint density at radius 1 is 0.468 bits per heavy atom. The van der Waals surface area contributed by atoms with Gasteiger partial charge in [0.25, 0.3) is 0 Å². The van der Waals surface area contributed by atoms with Crippen LogP contribution in [0.25, 0.3) is 77.7 Å². The van der Waals surface area contributed by atoms with Crippen LogP contribution < -0.4 is 0 Å². The van der Waals surface area contributed by atoms with Gasteiger partial charge in [0.15, 0.2) is 5.82 Å². The van der Waals surface area contributed by atoms with E-state index in [1.807, 2.05) is 42.7 Å². The van der Waals surface area contributed by atoms with E-state index in [4.69, 9.17) is 9.97 Å². The highest BCUT2D eigenvalue weighted by atomic mass is 14.9. The van der Waals surface area contributed by atoms with Gasteiger partial charge in [-0.2, -0.15) is 0 Å². The van der Waals surface area contributed by atoms with Gasteiger partial charge in [0, 0.05) is 34.5 Å². The van der Waals surface area contributed by atoms with Crippen molar-refractivity contribution in [3.63, 3.8) is 0 Å². The van der Waals surface area contributed by atoms with E-state index in [-0.39, 0.29) is 5.41 Å². The molecule has 0 saturated carbocycles. The highest BCUT2D eigenvalue weighted by Gasteiger charge is 2.38. The van der Waals surface area contributed by atoms with Gasteiger partial charge >= 0.3 is 0 Å². The number of fused-ring (bicyclic) bond motifs is 6. The normalized spacial score (nSPS) is 13.1. The molecule has 1 aliphatic carbocycles. The lowest BCUT2D eigenvalue weighted by molar-refractivity contribution is 0.666. The third-order valence-electron chi connectivity index (χ3n) is 9.79. The maximum absolute atomic E-state index is 5.16. The summed E-state index contributed by atoms with van der Waals surface area (Å²) in [7, 11) is 0. The summed E-state index contributed by atoms with van der Waals surface area (Å²) in [4.78, 5) is 14.4. The summed E-state index contributed by atoms with van der Waals surface area (Å²) in [6.07, 6.45) is 3.62. The third kappa shape index (κ3) is 4.31. The lowest BCUT2D eigenvalue weighted by Crippen LogP contribution is -2.15. The molecular formula is C44H31N3. The Hall–Kier alpha value is -5.93. The second-order valence-electron chi connectivity index (χ2n) is 12.8. The first-order valence-electron chi connectivity index (χ1n) is 16.1. The minimum absolute atomic E-state index is 0.116. The Morgan fingerprint density at radius 2 is 1.13 bits per heavy atom. The zero-order valence-electron chi connectivity index (χ0n) is 26.3. The van der Waals surface area contributed by atoms with E-state index in [0.29, 0.717) is 5.82 Å². The maximum atomic E-state index is 5.16. The minimum atomic E-state index is -0.116. The van der Waals surface area contributed by atoms with Gasteiger partial charge in [0.2, 0.25) is 0 Å². The van der Waals surface area contributed by atoms with Crippen molar-refractivity contribution in [2.45, 2.75) is 19.3 Å². The van der Waals surface area contributed by atoms with Gasteiger partial charge in [-0.15, -0.1) is 0 Å². The maximum Gasteiger partial charge on any atom is 0.160 e. The molecule has 0 fully saturated rings. The molecule has 0 atom stereocenters. The molecule has 3 heteroatoms. The zero-order valence-corrected chi connectivity index (χ0v) is 26.3. The standard InChI is InChI=1S/C44H31N3/c1-44(2)38-18-10-17-36(41(38)37-20-19-28-11-6-7-14-31(28)42(37)44)34-21-22-35(33-16-9-8-15-32(33)34)40-27-39(29-23-25-45-26-24-29)46-43(47-40)30-12-4-3-5-13-30/h3-27H,1-2H3. The van der Waals surface area contributed by atoms with Crippen molar-refractivity contribution in [3.05, 3.63) is 163 Å². The predicted molar refractivity (Wildman–Crippen MR) is 194 cm³/mol. The minimum Gasteiger partial charge on any atom is -0.265 e. The molecule has 1 aliphatic rings. The topological polar surface area (TPSA) is 38.7 Å². The van der Waals surface area contributed by atoms with Gasteiger partial charge in [-0.3, -0.25) is 4.98 Å². The van der Waals surface area contributed by atoms with E-state index in [2.05, 4.69) is 128 Å². The van der Waals surface area contributed by atoms with E-state index < -0.39 is 0 Å². The smallest absolute Gasteiger partial charge is 0.160 e. The summed E-state index contributed by atoms with van der Waals surface area (Å²) in [5.41, 5.74) is 12.7. The second kappa shape index (κ2) is 10.6. The molecule has 222 valence electrons. The van der Waals surface area contributed by atoms with Crippen LogP contribution in [0, 0.1) is 0 Å². The highest BCUT2D eigenvalue weighted by Crippen LogP contribution is 2.55.